The highest BCUT2D eigenvalue weighted by molar-refractivity contribution is 7.97. The lowest BCUT2D eigenvalue weighted by molar-refractivity contribution is -0.135. The van der Waals surface area contributed by atoms with Gasteiger partial charge in [-0.05, 0) is 56.0 Å². The second-order valence-electron chi connectivity index (χ2n) is 14.5. The van der Waals surface area contributed by atoms with Gasteiger partial charge in [-0.3, -0.25) is 38.5 Å². The minimum atomic E-state index is -1.18. The first-order valence-electron chi connectivity index (χ1n) is 19.2. The van der Waals surface area contributed by atoms with Crippen molar-refractivity contribution in [2.45, 2.75) is 109 Å². The number of guanidine groups is 1. The third kappa shape index (κ3) is 18.6. The Morgan fingerprint density at radius 3 is 1.95 bits per heavy atom. The fourth-order valence-corrected chi connectivity index (χ4v) is 6.15. The number of benzene rings is 1. The largest absolute Gasteiger partial charge is 0.370 e. The minimum Gasteiger partial charge on any atom is -0.370 e. The van der Waals surface area contributed by atoms with Crippen LogP contribution in [0.4, 0.5) is 0 Å². The van der Waals surface area contributed by atoms with E-state index in [2.05, 4.69) is 46.3 Å². The molecule has 1 unspecified atom stereocenters. The molecule has 0 spiro atoms. The van der Waals surface area contributed by atoms with Crippen molar-refractivity contribution in [2.75, 3.05) is 19.3 Å². The fraction of sp³-hybridized carbons (Fsp3) is 0.579. The number of unbranched alkanes of at least 4 members (excludes halogenated alkanes) is 1. The zero-order valence-electron chi connectivity index (χ0n) is 33.6. The molecule has 19 heteroatoms. The number of rotatable bonds is 26. The molecule has 0 aliphatic rings. The van der Waals surface area contributed by atoms with E-state index in [0.717, 1.165) is 17.5 Å². The van der Waals surface area contributed by atoms with Gasteiger partial charge in [0.15, 0.2) is 5.96 Å². The van der Waals surface area contributed by atoms with Crippen LogP contribution < -0.4 is 48.5 Å². The molecular weight excluding hydrogens is 753 g/mol. The molecule has 0 aliphatic heterocycles. The first-order valence-corrected chi connectivity index (χ1v) is 20.5. The predicted molar refractivity (Wildman–Crippen MR) is 221 cm³/mol. The van der Waals surface area contributed by atoms with Gasteiger partial charge in [0.1, 0.15) is 30.2 Å². The lowest BCUT2D eigenvalue weighted by atomic mass is 10.00. The van der Waals surface area contributed by atoms with Gasteiger partial charge in [0.25, 0.3) is 5.91 Å². The summed E-state index contributed by atoms with van der Waals surface area (Å²) < 4.78 is 2.67. The van der Waals surface area contributed by atoms with Crippen LogP contribution in [-0.4, -0.2) is 101 Å². The van der Waals surface area contributed by atoms with Gasteiger partial charge < -0.3 is 48.8 Å². The number of hydrogen-bond acceptors (Lipinski definition) is 10. The van der Waals surface area contributed by atoms with Crippen LogP contribution in [0.5, 0.6) is 0 Å². The smallest absolute Gasteiger partial charge is 0.252 e. The van der Waals surface area contributed by atoms with Crippen molar-refractivity contribution in [3.05, 3.63) is 54.1 Å². The van der Waals surface area contributed by atoms with Crippen LogP contribution in [0.25, 0.3) is 0 Å². The molecule has 0 saturated heterocycles. The van der Waals surface area contributed by atoms with Gasteiger partial charge in [-0.2, -0.15) is 0 Å². The maximum absolute atomic E-state index is 14.0. The first kappa shape index (κ1) is 48.0. The molecule has 316 valence electrons. The molecule has 0 aliphatic carbocycles. The maximum atomic E-state index is 14.0. The van der Waals surface area contributed by atoms with E-state index in [1.54, 1.807) is 20.1 Å². The first-order chi connectivity index (χ1) is 27.1. The lowest BCUT2D eigenvalue weighted by Crippen LogP contribution is -2.60. The summed E-state index contributed by atoms with van der Waals surface area (Å²) in [5.41, 5.74) is 18.0. The van der Waals surface area contributed by atoms with Crippen molar-refractivity contribution in [3.8, 4) is 0 Å². The number of nitrogens with one attached hydrogen (secondary N) is 7. The summed E-state index contributed by atoms with van der Waals surface area (Å²) in [6, 6.07) is 3.81. The number of imidazole rings is 1. The average molecular weight is 815 g/mol. The average Bonchev–Trinajstić information content (AvgIpc) is 3.67. The number of H-pyrrole nitrogens is 1. The highest BCUT2D eigenvalue weighted by Gasteiger charge is 2.34. The van der Waals surface area contributed by atoms with E-state index in [1.165, 1.54) is 12.5 Å². The van der Waals surface area contributed by atoms with Gasteiger partial charge >= 0.3 is 0 Å². The van der Waals surface area contributed by atoms with Crippen LogP contribution in [-0.2, 0) is 41.6 Å². The van der Waals surface area contributed by atoms with E-state index in [-0.39, 0.29) is 50.0 Å². The topological polar surface area (TPSA) is 294 Å². The Morgan fingerprint density at radius 2 is 1.35 bits per heavy atom. The van der Waals surface area contributed by atoms with Crippen LogP contribution in [0.3, 0.4) is 0 Å². The predicted octanol–water partition coefficient (Wildman–Crippen LogP) is -0.102. The second-order valence-corrected chi connectivity index (χ2v) is 15.1. The summed E-state index contributed by atoms with van der Waals surface area (Å²) in [6.07, 6.45) is 6.95. The third-order valence-corrected chi connectivity index (χ3v) is 9.15. The van der Waals surface area contributed by atoms with Crippen molar-refractivity contribution >= 4 is 53.4 Å². The van der Waals surface area contributed by atoms with Gasteiger partial charge in [0.05, 0.1) is 6.33 Å². The number of nitrogens with zero attached hydrogens (tertiary/aromatic N) is 2. The van der Waals surface area contributed by atoms with Crippen molar-refractivity contribution < 1.29 is 28.8 Å². The zero-order chi connectivity index (χ0) is 42.3. The summed E-state index contributed by atoms with van der Waals surface area (Å²) in [4.78, 5) is 92.2. The second kappa shape index (κ2) is 25.9. The number of carbonyl (C=O) groups excluding carboxylic acids is 6. The quantitative estimate of drug-likeness (QED) is 0.0259. The maximum Gasteiger partial charge on any atom is 0.252 e. The Hall–Kier alpha value is -5.17. The molecule has 0 bridgehead atoms. The van der Waals surface area contributed by atoms with E-state index in [1.807, 2.05) is 44.2 Å². The highest BCUT2D eigenvalue weighted by Crippen LogP contribution is 2.11. The molecule has 2 aromatic rings. The molecule has 2 rings (SSSR count). The highest BCUT2D eigenvalue weighted by atomic mass is 32.2. The fourth-order valence-electron chi connectivity index (χ4n) is 5.81. The Morgan fingerprint density at radius 1 is 0.754 bits per heavy atom. The number of aliphatic imine (C=N–C) groups is 1. The van der Waals surface area contributed by atoms with E-state index in [9.17, 15) is 28.8 Å². The van der Waals surface area contributed by atoms with E-state index in [4.69, 9.17) is 17.2 Å². The standard InChI is InChI=1S/C38H62N12O6S/c1-23(2)18-31(51)45-27(14-9-10-16-39)33(52)46-28(15-11-17-43-38(40)41)34(53)49-32(24(3)4)37(56)48-30(20-26-21-42-22-44-26)35(54)47-29(36(55)50-57-5)19-25-12-7-6-8-13-25/h6-8,12-13,21-24,27-30,32H,9-11,14-20,39H2,1-5H3,(H,42,44)(H,45,51)(H,46,52)(H,47,54)(H,48,56)(H,49,53)(H,50,55)(H4,40,41,43)/t27-,28-,29-,30-,32?/m0/s1. The summed E-state index contributed by atoms with van der Waals surface area (Å²) in [7, 11) is 0. The molecular formula is C38H62N12O6S. The Balaban J connectivity index is 2.34. The molecule has 0 radical (unpaired) electrons. The molecule has 18 nitrogen and oxygen atoms in total. The lowest BCUT2D eigenvalue weighted by Gasteiger charge is -2.28. The molecule has 1 aromatic carbocycles. The van der Waals surface area contributed by atoms with Crippen molar-refractivity contribution in [2.24, 2.45) is 34.0 Å². The number of nitrogens with two attached hydrogens (primary N) is 3. The van der Waals surface area contributed by atoms with Crippen LogP contribution in [0.15, 0.2) is 47.8 Å². The van der Waals surface area contributed by atoms with Gasteiger partial charge in [-0.25, -0.2) is 4.98 Å². The molecule has 6 amide bonds. The SMILES string of the molecule is CSNC(=O)[C@H](Cc1ccccc1)NC(=O)[C@H](Cc1cnc[nH]1)NC(=O)C(NC(=O)[C@H](CCCN=C(N)N)NC(=O)[C@H](CCCCN)NC(=O)CC(C)C)C(C)C. The molecule has 1 heterocycles. The van der Waals surface area contributed by atoms with Crippen molar-refractivity contribution in [3.63, 3.8) is 0 Å². The number of aromatic amines is 1. The molecule has 0 fully saturated rings. The van der Waals surface area contributed by atoms with Crippen molar-refractivity contribution in [1.29, 1.82) is 0 Å². The Labute approximate surface area is 339 Å². The Kier molecular flexibility index (Phi) is 21.8. The third-order valence-electron chi connectivity index (χ3n) is 8.75. The minimum absolute atomic E-state index is 0.00388. The van der Waals surface area contributed by atoms with Crippen LogP contribution in [0.1, 0.15) is 77.5 Å². The van der Waals surface area contributed by atoms with Gasteiger partial charge in [0, 0.05) is 44.0 Å². The molecule has 13 N–H and O–H groups in total. The summed E-state index contributed by atoms with van der Waals surface area (Å²) in [5.74, 6) is -3.79. The summed E-state index contributed by atoms with van der Waals surface area (Å²) >= 11 is 1.09. The van der Waals surface area contributed by atoms with Crippen molar-refractivity contribution in [1.82, 2.24) is 41.3 Å². The zero-order valence-corrected chi connectivity index (χ0v) is 34.5. The normalized spacial score (nSPS) is 13.7. The van der Waals surface area contributed by atoms with E-state index < -0.39 is 65.7 Å². The number of aromatic nitrogens is 2. The molecule has 57 heavy (non-hydrogen) atoms. The number of amides is 6. The Bertz CT molecular complexity index is 1590. The number of carbonyl (C=O) groups is 6. The molecule has 0 saturated carbocycles. The van der Waals surface area contributed by atoms with E-state index >= 15 is 0 Å². The summed E-state index contributed by atoms with van der Waals surface area (Å²) in [5, 5.41) is 13.9. The van der Waals surface area contributed by atoms with Gasteiger partial charge in [-0.15, -0.1) is 0 Å². The molecule has 1 aromatic heterocycles. The van der Waals surface area contributed by atoms with Crippen LogP contribution in [0, 0.1) is 11.8 Å². The molecule has 5 atom stereocenters. The number of hydrogen-bond donors (Lipinski definition) is 10. The van der Waals surface area contributed by atoms with E-state index in [0.29, 0.717) is 37.9 Å². The van der Waals surface area contributed by atoms with Crippen LogP contribution >= 0.6 is 11.9 Å². The summed E-state index contributed by atoms with van der Waals surface area (Å²) in [6.45, 7) is 7.81. The van der Waals surface area contributed by atoms with Gasteiger partial charge in [0.2, 0.25) is 29.5 Å². The monoisotopic (exact) mass is 814 g/mol. The van der Waals surface area contributed by atoms with Crippen LogP contribution in [0.2, 0.25) is 0 Å². The van der Waals surface area contributed by atoms with Gasteiger partial charge in [-0.1, -0.05) is 70.0 Å².